The van der Waals surface area contributed by atoms with Crippen LogP contribution >= 0.6 is 15.9 Å². The molecule has 0 aromatic carbocycles. The summed E-state index contributed by atoms with van der Waals surface area (Å²) in [5.41, 5.74) is 14.3. The normalized spacial score (nSPS) is 12.5. The molecule has 23 heteroatoms. The molecule has 0 saturated carbocycles. The van der Waals surface area contributed by atoms with Crippen molar-refractivity contribution in [1.29, 1.82) is 0 Å². The minimum Gasteiger partial charge on any atom is -0.323 e. The molecule has 0 radical (unpaired) electrons. The topological polar surface area (TPSA) is 247 Å². The number of alkyl halides is 1. The summed E-state index contributed by atoms with van der Waals surface area (Å²) in [6.45, 7) is 21.7. The van der Waals surface area contributed by atoms with E-state index in [0.29, 0.717) is 52.7 Å². The Kier molecular flexibility index (Phi) is 19.1. The summed E-state index contributed by atoms with van der Waals surface area (Å²) >= 11 is 3.43. The fraction of sp³-hybridized carbons (Fsp3) is 0.277. The van der Waals surface area contributed by atoms with Crippen molar-refractivity contribution in [3.05, 3.63) is 170 Å². The van der Waals surface area contributed by atoms with Crippen LogP contribution < -0.4 is 16.0 Å². The van der Waals surface area contributed by atoms with Crippen molar-refractivity contribution >= 4 is 90.1 Å². The summed E-state index contributed by atoms with van der Waals surface area (Å²) in [6.07, 6.45) is 28.1. The van der Waals surface area contributed by atoms with Crippen LogP contribution in [0.2, 0.25) is 0 Å². The summed E-state index contributed by atoms with van der Waals surface area (Å²) in [4.78, 5) is 30.3. The molecular weight excluding hydrogens is 1170 g/mol. The van der Waals surface area contributed by atoms with Gasteiger partial charge in [-0.15, -0.1) is 15.3 Å². The minimum atomic E-state index is 0.383. The van der Waals surface area contributed by atoms with Crippen LogP contribution in [0.3, 0.4) is 0 Å². The Balaban J connectivity index is 0.000000137. The minimum absolute atomic E-state index is 0.383. The van der Waals surface area contributed by atoms with E-state index < -0.39 is 0 Å². The van der Waals surface area contributed by atoms with Crippen LogP contribution in [0.15, 0.2) is 154 Å². The smallest absolute Gasteiger partial charge is 0.154 e. The number of rotatable bonds is 18. The number of halogens is 1. The fourth-order valence-corrected chi connectivity index (χ4v) is 10.1. The van der Waals surface area contributed by atoms with Crippen LogP contribution in [0.1, 0.15) is 95.2 Å². The molecule has 1 fully saturated rings. The molecule has 1 aliphatic rings. The van der Waals surface area contributed by atoms with Gasteiger partial charge in [0.25, 0.3) is 0 Å². The molecule has 0 aliphatic carbocycles. The SMILES string of the molecule is C=Cn1cc(-c2cnc3ccc(Nc4cc(C(C)C)cnn4)nc3c2)cn1.CC(C)c1cnnc(Nc2ccc3ncc(-c4cnn(CCBr)c4)cc3n2)c1.CC(C)c1cnnc(Nc2ccc3ncc(-c4cnn(CCN5CCCCC5)c4)cc3n2)c1. The molecule has 22 nitrogen and oxygen atoms in total. The maximum absolute atomic E-state index is 4.76. The van der Waals surface area contributed by atoms with E-state index in [9.17, 15) is 0 Å². The van der Waals surface area contributed by atoms with Gasteiger partial charge in [-0.1, -0.05) is 70.5 Å². The van der Waals surface area contributed by atoms with E-state index in [1.165, 1.54) is 32.4 Å². The van der Waals surface area contributed by atoms with Crippen molar-refractivity contribution in [2.75, 3.05) is 40.9 Å². The number of aryl methyl sites for hydroxylation is 1. The number of anilines is 6. The maximum atomic E-state index is 4.76. The lowest BCUT2D eigenvalue weighted by molar-refractivity contribution is 0.218. The highest BCUT2D eigenvalue weighted by molar-refractivity contribution is 9.09. The quantitative estimate of drug-likeness (QED) is 0.0676. The van der Waals surface area contributed by atoms with Gasteiger partial charge >= 0.3 is 0 Å². The standard InChI is InChI=1S/C25H30N8.C20H20BrN7.C20H19N7/c1-18(2)19-13-25(31-27-15-19)30-24-7-6-22-23(29-24)12-20(14-26-22)21-16-28-33(17-21)11-10-32-8-4-3-5-9-32;1-13(2)14-8-20(27-23-10-14)26-19-4-3-17-18(25-19)7-15(9-22-17)16-11-24-28(12-16)6-5-21;1-4-27-12-16(11-23-27)15-7-18-17(21-9-15)5-6-19(24-18)25-20-8-14(13(2)3)10-22-26-20/h6-7,12-18H,3-5,8-11H2,1-2H3,(H,29,30,31);3-4,7-13H,5-6H2,1-2H3,(H,25,26,27);4-13H,1H2,2-3H3,(H,24,25,26). The number of hydrogen-bond acceptors (Lipinski definition) is 19. The number of aromatic nitrogens is 18. The first-order valence-corrected chi connectivity index (χ1v) is 30.6. The zero-order valence-electron chi connectivity index (χ0n) is 50.1. The van der Waals surface area contributed by atoms with E-state index in [1.54, 1.807) is 35.7 Å². The van der Waals surface area contributed by atoms with Gasteiger partial charge in [0.05, 0.1) is 83.4 Å². The summed E-state index contributed by atoms with van der Waals surface area (Å²) in [5.74, 6) is 5.31. The second-order valence-corrected chi connectivity index (χ2v) is 23.1. The van der Waals surface area contributed by atoms with Crippen LogP contribution in [-0.4, -0.2) is 120 Å². The fourth-order valence-electron chi connectivity index (χ4n) is 9.74. The number of pyridine rings is 6. The molecule has 13 rings (SSSR count). The molecule has 0 unspecified atom stereocenters. The lowest BCUT2D eigenvalue weighted by Gasteiger charge is -2.26. The monoisotopic (exact) mass is 1240 g/mol. The highest BCUT2D eigenvalue weighted by atomic mass is 79.9. The Labute approximate surface area is 518 Å². The van der Waals surface area contributed by atoms with Crippen molar-refractivity contribution in [3.63, 3.8) is 0 Å². The number of nitrogens with one attached hydrogen (secondary N) is 3. The van der Waals surface area contributed by atoms with Gasteiger partial charge in [-0.2, -0.15) is 30.6 Å². The lowest BCUT2D eigenvalue weighted by atomic mass is 10.1. The summed E-state index contributed by atoms with van der Waals surface area (Å²) in [5, 5.41) is 48.4. The van der Waals surface area contributed by atoms with Crippen LogP contribution in [-0.2, 0) is 13.1 Å². The molecule has 88 heavy (non-hydrogen) atoms. The average molecular weight is 1240 g/mol. The van der Waals surface area contributed by atoms with E-state index in [4.69, 9.17) is 9.97 Å². The van der Waals surface area contributed by atoms with Gasteiger partial charge in [0.2, 0.25) is 0 Å². The number of piperidine rings is 1. The van der Waals surface area contributed by atoms with Crippen molar-refractivity contribution < 1.29 is 0 Å². The molecule has 0 atom stereocenters. The molecule has 13 heterocycles. The molecule has 3 N–H and O–H groups in total. The number of likely N-dealkylation sites (tertiary alicyclic amines) is 1. The van der Waals surface area contributed by atoms with Crippen LogP contribution in [0.25, 0.3) is 72.7 Å². The molecule has 0 spiro atoms. The zero-order chi connectivity index (χ0) is 60.9. The third-order valence-electron chi connectivity index (χ3n) is 14.9. The molecule has 0 bridgehead atoms. The van der Waals surface area contributed by atoms with Crippen LogP contribution in [0.4, 0.5) is 34.9 Å². The molecule has 446 valence electrons. The Morgan fingerprint density at radius 3 is 1.22 bits per heavy atom. The van der Waals surface area contributed by atoms with Gasteiger partial charge in [0.1, 0.15) is 17.5 Å². The third kappa shape index (κ3) is 15.4. The Morgan fingerprint density at radius 2 is 0.830 bits per heavy atom. The molecule has 12 aromatic heterocycles. The maximum Gasteiger partial charge on any atom is 0.154 e. The number of fused-ring (bicyclic) bond motifs is 3. The highest BCUT2D eigenvalue weighted by Gasteiger charge is 2.14. The summed E-state index contributed by atoms with van der Waals surface area (Å²) < 4.78 is 5.59. The molecule has 0 amide bonds. The Bertz CT molecular complexity index is 4320. The Hall–Kier alpha value is -9.87. The van der Waals surface area contributed by atoms with Gasteiger partial charge in [0, 0.05) is 88.6 Å². The van der Waals surface area contributed by atoms with Crippen LogP contribution in [0.5, 0.6) is 0 Å². The predicted octanol–water partition coefficient (Wildman–Crippen LogP) is 13.4. The van der Waals surface area contributed by atoms with Crippen LogP contribution in [0, 0.1) is 0 Å². The van der Waals surface area contributed by atoms with Gasteiger partial charge in [-0.05, 0) is 133 Å². The van der Waals surface area contributed by atoms with Gasteiger partial charge in [-0.3, -0.25) is 24.3 Å². The van der Waals surface area contributed by atoms with Crippen molar-refractivity contribution in [1.82, 2.24) is 94.7 Å². The van der Waals surface area contributed by atoms with E-state index in [-0.39, 0.29) is 0 Å². The Morgan fingerprint density at radius 1 is 0.432 bits per heavy atom. The summed E-state index contributed by atoms with van der Waals surface area (Å²) in [6, 6.07) is 23.6. The first-order valence-electron chi connectivity index (χ1n) is 29.5. The van der Waals surface area contributed by atoms with Gasteiger partial charge in [-0.25, -0.2) is 19.6 Å². The average Bonchev–Trinajstić information content (AvgIpc) is 2.34. The van der Waals surface area contributed by atoms with E-state index in [2.05, 4.69) is 163 Å². The van der Waals surface area contributed by atoms with Crippen molar-refractivity contribution in [2.45, 2.75) is 91.6 Å². The number of nitrogens with zero attached hydrogens (tertiary/aromatic N) is 19. The highest BCUT2D eigenvalue weighted by Crippen LogP contribution is 2.28. The second kappa shape index (κ2) is 28.1. The molecule has 12 aromatic rings. The summed E-state index contributed by atoms with van der Waals surface area (Å²) in [7, 11) is 0. The van der Waals surface area contributed by atoms with Crippen molar-refractivity contribution in [3.8, 4) is 33.4 Å². The van der Waals surface area contributed by atoms with Crippen molar-refractivity contribution in [2.24, 2.45) is 0 Å². The lowest BCUT2D eigenvalue weighted by Crippen LogP contribution is -2.32. The zero-order valence-corrected chi connectivity index (χ0v) is 51.7. The van der Waals surface area contributed by atoms with E-state index in [0.717, 1.165) is 108 Å². The number of hydrogen-bond donors (Lipinski definition) is 3. The van der Waals surface area contributed by atoms with Gasteiger partial charge in [0.15, 0.2) is 17.5 Å². The largest absolute Gasteiger partial charge is 0.323 e. The first-order chi connectivity index (χ1) is 42.9. The predicted molar refractivity (Wildman–Crippen MR) is 351 cm³/mol. The first kappa shape index (κ1) is 59.8. The second-order valence-electron chi connectivity index (χ2n) is 22.3. The van der Waals surface area contributed by atoms with E-state index in [1.807, 2.05) is 119 Å². The molecule has 1 aliphatic heterocycles. The molecule has 1 saturated heterocycles. The van der Waals surface area contributed by atoms with E-state index >= 15 is 0 Å². The third-order valence-corrected chi connectivity index (χ3v) is 15.2. The molecular formula is C65H69BrN22. The van der Waals surface area contributed by atoms with Gasteiger partial charge < -0.3 is 20.9 Å².